The average molecular weight is 339 g/mol. The van der Waals surface area contributed by atoms with Gasteiger partial charge < -0.3 is 29.9 Å². The van der Waals surface area contributed by atoms with Gasteiger partial charge in [-0.15, -0.1) is 0 Å². The van der Waals surface area contributed by atoms with E-state index in [9.17, 15) is 24.6 Å². The number of carboxylic acids is 2. The zero-order valence-corrected chi connectivity index (χ0v) is 17.2. The van der Waals surface area contributed by atoms with Gasteiger partial charge in [0.2, 0.25) is 0 Å². The summed E-state index contributed by atoms with van der Waals surface area (Å²) in [5, 5.41) is 23.2. The number of ether oxygens (including phenoxy) is 1. The zero-order valence-electron chi connectivity index (χ0n) is 13.2. The van der Waals surface area contributed by atoms with Crippen molar-refractivity contribution in [3.8, 4) is 0 Å². The molecule has 23 heavy (non-hydrogen) atoms. The number of carboxylic acid groups (broad SMARTS) is 2. The van der Waals surface area contributed by atoms with Crippen LogP contribution in [0.25, 0.3) is 0 Å². The van der Waals surface area contributed by atoms with Crippen LogP contribution in [-0.4, -0.2) is 24.1 Å². The first-order valence-electron chi connectivity index (χ1n) is 6.37. The number of hydrogen-bond acceptors (Lipinski definition) is 6. The van der Waals surface area contributed by atoms with Crippen molar-refractivity contribution < 1.29 is 88.4 Å². The van der Waals surface area contributed by atoms with Crippen LogP contribution < -0.4 is 74.6 Å². The van der Waals surface area contributed by atoms with E-state index < -0.39 is 24.1 Å². The normalized spacial score (nSPS) is 10.4. The summed E-state index contributed by atoms with van der Waals surface area (Å²) in [7, 11) is 0. The Morgan fingerprint density at radius 3 is 2.22 bits per heavy atom. The Kier molecular flexibility index (Phi) is 14.8. The number of carbonyl (C=O) groups excluding carboxylic acids is 3. The third kappa shape index (κ3) is 11.6. The molecule has 1 atom stereocenters. The first kappa shape index (κ1) is 24.7. The number of nitrogens with one attached hydrogen (secondary N) is 1. The molecule has 0 unspecified atom stereocenters. The number of carbonyl (C=O) groups is 3. The summed E-state index contributed by atoms with van der Waals surface area (Å²) in [5.41, 5.74) is 0.759. The summed E-state index contributed by atoms with van der Waals surface area (Å²) in [6, 6.07) is 7.58. The molecule has 114 valence electrons. The Morgan fingerprint density at radius 2 is 1.70 bits per heavy atom. The van der Waals surface area contributed by atoms with Crippen molar-refractivity contribution in [1.29, 1.82) is 0 Å². The number of alkyl carbamates (subject to hydrolysis) is 1. The Labute approximate surface area is 178 Å². The van der Waals surface area contributed by atoms with E-state index in [1.807, 2.05) is 6.07 Å². The molecule has 0 bridgehead atoms. The van der Waals surface area contributed by atoms with E-state index in [1.54, 1.807) is 24.3 Å². The van der Waals surface area contributed by atoms with E-state index in [4.69, 9.17) is 4.74 Å². The molecule has 0 fully saturated rings. The molecule has 9 heteroatoms. The molecule has 0 heterocycles. The van der Waals surface area contributed by atoms with Gasteiger partial charge in [0, 0.05) is 5.97 Å². The first-order chi connectivity index (χ1) is 9.99. The predicted octanol–water partition coefficient (Wildman–Crippen LogP) is -7.04. The molecule has 1 aromatic rings. The monoisotopic (exact) mass is 339 g/mol. The van der Waals surface area contributed by atoms with Gasteiger partial charge in [0.05, 0.1) is 12.0 Å². The van der Waals surface area contributed by atoms with Crippen molar-refractivity contribution in [3.63, 3.8) is 0 Å². The maximum atomic E-state index is 11.5. The summed E-state index contributed by atoms with van der Waals surface area (Å²) in [5.74, 6) is -2.77. The van der Waals surface area contributed by atoms with Crippen molar-refractivity contribution in [1.82, 2.24) is 5.32 Å². The van der Waals surface area contributed by atoms with Gasteiger partial charge in [-0.1, -0.05) is 30.3 Å². The van der Waals surface area contributed by atoms with Crippen LogP contribution in [0.2, 0.25) is 0 Å². The van der Waals surface area contributed by atoms with Gasteiger partial charge in [-0.3, -0.25) is 0 Å². The second-order valence-corrected chi connectivity index (χ2v) is 4.34. The second kappa shape index (κ2) is 13.8. The van der Waals surface area contributed by atoms with Crippen molar-refractivity contribution in [2.24, 2.45) is 0 Å². The molecule has 0 saturated heterocycles. The van der Waals surface area contributed by atoms with E-state index in [0.717, 1.165) is 5.56 Å². The van der Waals surface area contributed by atoms with Gasteiger partial charge in [0.15, 0.2) is 0 Å². The summed E-state index contributed by atoms with van der Waals surface area (Å²) >= 11 is 0. The fraction of sp³-hybridized carbons (Fsp3) is 0.357. The van der Waals surface area contributed by atoms with Crippen LogP contribution in [0.1, 0.15) is 24.8 Å². The molecular formula is C14H15NNa2O6. The number of amides is 1. The molecule has 1 amide bonds. The molecule has 0 aliphatic carbocycles. The van der Waals surface area contributed by atoms with Crippen LogP contribution in [0, 0.1) is 0 Å². The van der Waals surface area contributed by atoms with E-state index in [-0.39, 0.29) is 85.0 Å². The van der Waals surface area contributed by atoms with E-state index in [0.29, 0.717) is 0 Å². The molecule has 1 aromatic carbocycles. The number of benzene rings is 1. The van der Waals surface area contributed by atoms with Crippen LogP contribution in [-0.2, 0) is 20.9 Å². The Hall–Kier alpha value is -0.570. The van der Waals surface area contributed by atoms with Crippen molar-refractivity contribution in [2.75, 3.05) is 0 Å². The van der Waals surface area contributed by atoms with Gasteiger partial charge >= 0.3 is 65.2 Å². The van der Waals surface area contributed by atoms with E-state index >= 15 is 0 Å². The smallest absolute Gasteiger partial charge is 0.550 e. The predicted molar refractivity (Wildman–Crippen MR) is 67.4 cm³/mol. The first-order valence-corrected chi connectivity index (χ1v) is 6.37. The molecule has 0 aliphatic heterocycles. The van der Waals surface area contributed by atoms with Gasteiger partial charge in [0.1, 0.15) is 6.61 Å². The third-order valence-electron chi connectivity index (χ3n) is 2.66. The van der Waals surface area contributed by atoms with E-state index in [2.05, 4.69) is 5.32 Å². The van der Waals surface area contributed by atoms with Crippen molar-refractivity contribution >= 4 is 18.0 Å². The SMILES string of the molecule is O=C([O-])CCC[C@@H](NC(=O)OCc1ccccc1)C(=O)[O-].[Na+].[Na+]. The molecule has 0 spiro atoms. The number of rotatable bonds is 8. The second-order valence-electron chi connectivity index (χ2n) is 4.34. The Bertz CT molecular complexity index is 497. The molecular weight excluding hydrogens is 324 g/mol. The Morgan fingerprint density at radius 1 is 1.09 bits per heavy atom. The minimum absolute atomic E-state index is 0. The van der Waals surface area contributed by atoms with Crippen LogP contribution in [0.15, 0.2) is 30.3 Å². The third-order valence-corrected chi connectivity index (χ3v) is 2.66. The summed E-state index contributed by atoms with van der Waals surface area (Å²) < 4.78 is 4.87. The Balaban J connectivity index is 0. The standard InChI is InChI=1S/C14H17NO6.2Na/c16-12(17)8-4-7-11(13(18)19)15-14(20)21-9-10-5-2-1-3-6-10;;/h1-3,5-6,11H,4,7-9H2,(H,15,20)(H,16,17)(H,18,19);;/q;2*+1/p-2/t11-;;/m1../s1. The molecule has 0 saturated carbocycles. The molecule has 1 N–H and O–H groups in total. The largest absolute Gasteiger partial charge is 1.00 e. The molecule has 0 aromatic heterocycles. The average Bonchev–Trinajstić information content (AvgIpc) is 2.44. The van der Waals surface area contributed by atoms with Gasteiger partial charge in [-0.2, -0.15) is 0 Å². The fourth-order valence-electron chi connectivity index (χ4n) is 1.61. The van der Waals surface area contributed by atoms with Crippen molar-refractivity contribution in [2.45, 2.75) is 31.9 Å². The van der Waals surface area contributed by atoms with Gasteiger partial charge in [-0.25, -0.2) is 4.79 Å². The number of hydrogen-bond donors (Lipinski definition) is 1. The van der Waals surface area contributed by atoms with Crippen LogP contribution >= 0.6 is 0 Å². The van der Waals surface area contributed by atoms with Gasteiger partial charge in [-0.05, 0) is 24.8 Å². The van der Waals surface area contributed by atoms with Crippen LogP contribution in [0.3, 0.4) is 0 Å². The van der Waals surface area contributed by atoms with Gasteiger partial charge in [0.25, 0.3) is 0 Å². The topological polar surface area (TPSA) is 119 Å². The summed E-state index contributed by atoms with van der Waals surface area (Å²) in [6.07, 6.45) is -1.21. The molecule has 7 nitrogen and oxygen atoms in total. The summed E-state index contributed by atoms with van der Waals surface area (Å²) in [6.45, 7) is 0.00544. The van der Waals surface area contributed by atoms with Crippen LogP contribution in [0.5, 0.6) is 0 Å². The van der Waals surface area contributed by atoms with E-state index in [1.165, 1.54) is 0 Å². The zero-order chi connectivity index (χ0) is 15.7. The fourth-order valence-corrected chi connectivity index (χ4v) is 1.61. The van der Waals surface area contributed by atoms with Crippen LogP contribution in [0.4, 0.5) is 4.79 Å². The van der Waals surface area contributed by atoms with Crippen molar-refractivity contribution in [3.05, 3.63) is 35.9 Å². The maximum Gasteiger partial charge on any atom is 1.00 e. The molecule has 0 radical (unpaired) electrons. The maximum absolute atomic E-state index is 11.5. The molecule has 1 rings (SSSR count). The summed E-state index contributed by atoms with van der Waals surface area (Å²) in [4.78, 5) is 32.6. The minimum Gasteiger partial charge on any atom is -0.550 e. The molecule has 0 aliphatic rings. The number of aliphatic carboxylic acids is 2. The minimum atomic E-state index is -1.50. The quantitative estimate of drug-likeness (QED) is 0.470.